The van der Waals surface area contributed by atoms with Crippen LogP contribution in [0.3, 0.4) is 0 Å². The molecule has 1 saturated heterocycles. The average molecular weight is 472 g/mol. The third kappa shape index (κ3) is 4.35. The number of aromatic nitrogens is 3. The van der Waals surface area contributed by atoms with Gasteiger partial charge >= 0.3 is 0 Å². The Kier molecular flexibility index (Phi) is 6.09. The van der Waals surface area contributed by atoms with E-state index in [2.05, 4.69) is 20.4 Å². The van der Waals surface area contributed by atoms with Crippen molar-refractivity contribution in [2.45, 2.75) is 18.0 Å². The number of fused-ring (bicyclic) bond motifs is 1. The Morgan fingerprint density at radius 1 is 1.06 bits per heavy atom. The number of carbonyl (C=O) groups excluding carboxylic acids is 1. The molecule has 0 aliphatic carbocycles. The number of hydrogen-bond acceptors (Lipinski definition) is 7. The highest BCUT2D eigenvalue weighted by molar-refractivity contribution is 7.99. The van der Waals surface area contributed by atoms with Crippen LogP contribution in [-0.4, -0.2) is 52.7 Å². The second-order valence-corrected chi connectivity index (χ2v) is 8.81. The van der Waals surface area contributed by atoms with Crippen molar-refractivity contribution in [2.24, 2.45) is 0 Å². The van der Waals surface area contributed by atoms with Gasteiger partial charge in [0.15, 0.2) is 16.7 Å². The van der Waals surface area contributed by atoms with Gasteiger partial charge in [0.05, 0.1) is 16.5 Å². The van der Waals surface area contributed by atoms with Gasteiger partial charge in [-0.15, -0.1) is 10.2 Å². The van der Waals surface area contributed by atoms with E-state index in [1.165, 1.54) is 11.8 Å². The minimum absolute atomic E-state index is 0.150. The van der Waals surface area contributed by atoms with E-state index in [1.54, 1.807) is 18.2 Å². The summed E-state index contributed by atoms with van der Waals surface area (Å²) in [7, 11) is 0. The van der Waals surface area contributed by atoms with E-state index in [-0.39, 0.29) is 11.7 Å². The van der Waals surface area contributed by atoms with E-state index in [0.29, 0.717) is 40.6 Å². The molecule has 0 saturated carbocycles. The van der Waals surface area contributed by atoms with Gasteiger partial charge < -0.3 is 19.7 Å². The maximum Gasteiger partial charge on any atom is 0.234 e. The molecule has 2 aromatic carbocycles. The van der Waals surface area contributed by atoms with Crippen LogP contribution >= 0.6 is 23.4 Å². The van der Waals surface area contributed by atoms with E-state index in [9.17, 15) is 4.79 Å². The third-order valence-corrected chi connectivity index (χ3v) is 6.51. The van der Waals surface area contributed by atoms with Gasteiger partial charge in [0, 0.05) is 24.8 Å². The molecule has 0 spiro atoms. The van der Waals surface area contributed by atoms with Crippen LogP contribution in [0, 0.1) is 0 Å². The standard InChI is InChI=1S/C22H22ClN5O3S/c23-16-5-1-2-6-17(16)28-21(27-9-3-4-10-27)25-26-22(28)32-14-20(29)24-15-7-8-18-19(13-15)31-12-11-30-18/h1-2,5-8,13H,3-4,9-12,14H2,(H,24,29). The number of para-hydroxylation sites is 1. The summed E-state index contributed by atoms with van der Waals surface area (Å²) in [5, 5.41) is 12.9. The fourth-order valence-electron chi connectivity index (χ4n) is 3.77. The second-order valence-electron chi connectivity index (χ2n) is 7.46. The van der Waals surface area contributed by atoms with Crippen molar-refractivity contribution in [3.63, 3.8) is 0 Å². The number of anilines is 2. The maximum atomic E-state index is 12.6. The molecule has 1 fully saturated rings. The Morgan fingerprint density at radius 3 is 2.66 bits per heavy atom. The molecule has 32 heavy (non-hydrogen) atoms. The molecular weight excluding hydrogens is 450 g/mol. The molecule has 2 aliphatic heterocycles. The van der Waals surface area contributed by atoms with Crippen LogP contribution in [0.1, 0.15) is 12.8 Å². The molecule has 5 rings (SSSR count). The highest BCUT2D eigenvalue weighted by atomic mass is 35.5. The molecule has 0 radical (unpaired) electrons. The predicted octanol–water partition coefficient (Wildman–Crippen LogP) is 4.02. The van der Waals surface area contributed by atoms with Crippen molar-refractivity contribution in [1.82, 2.24) is 14.8 Å². The van der Waals surface area contributed by atoms with Gasteiger partial charge in [-0.3, -0.25) is 9.36 Å². The van der Waals surface area contributed by atoms with E-state index in [4.69, 9.17) is 21.1 Å². The maximum absolute atomic E-state index is 12.6. The number of ether oxygens (including phenoxy) is 2. The van der Waals surface area contributed by atoms with Crippen LogP contribution in [0.25, 0.3) is 5.69 Å². The molecule has 0 unspecified atom stereocenters. The third-order valence-electron chi connectivity index (χ3n) is 5.26. The molecule has 0 atom stereocenters. The van der Waals surface area contributed by atoms with E-state index in [0.717, 1.165) is 37.6 Å². The number of rotatable bonds is 6. The molecule has 0 bridgehead atoms. The number of thioether (sulfide) groups is 1. The summed E-state index contributed by atoms with van der Waals surface area (Å²) in [4.78, 5) is 14.8. The molecule has 8 nitrogen and oxygen atoms in total. The van der Waals surface area contributed by atoms with Gasteiger partial charge in [-0.05, 0) is 37.1 Å². The first-order valence-electron chi connectivity index (χ1n) is 10.5. The Hall–Kier alpha value is -2.91. The fraction of sp³-hybridized carbons (Fsp3) is 0.318. The lowest BCUT2D eigenvalue weighted by atomic mass is 10.2. The van der Waals surface area contributed by atoms with Gasteiger partial charge in [0.25, 0.3) is 0 Å². The van der Waals surface area contributed by atoms with Crippen LogP contribution in [0.2, 0.25) is 5.02 Å². The minimum Gasteiger partial charge on any atom is -0.486 e. The lowest BCUT2D eigenvalue weighted by Gasteiger charge is -2.19. The number of amides is 1. The highest BCUT2D eigenvalue weighted by Crippen LogP contribution is 2.34. The number of halogens is 1. The van der Waals surface area contributed by atoms with Crippen molar-refractivity contribution < 1.29 is 14.3 Å². The highest BCUT2D eigenvalue weighted by Gasteiger charge is 2.24. The van der Waals surface area contributed by atoms with E-state index in [1.807, 2.05) is 28.8 Å². The minimum atomic E-state index is -0.150. The first kappa shape index (κ1) is 21.0. The summed E-state index contributed by atoms with van der Waals surface area (Å²) in [6.07, 6.45) is 2.24. The summed E-state index contributed by atoms with van der Waals surface area (Å²) >= 11 is 7.81. The number of benzene rings is 2. The van der Waals surface area contributed by atoms with Crippen LogP contribution in [0.15, 0.2) is 47.6 Å². The summed E-state index contributed by atoms with van der Waals surface area (Å²) < 4.78 is 13.0. The Bertz CT molecular complexity index is 1130. The molecule has 3 aromatic rings. The van der Waals surface area contributed by atoms with Crippen LogP contribution in [0.5, 0.6) is 11.5 Å². The zero-order valence-corrected chi connectivity index (χ0v) is 18.9. The molecule has 1 aromatic heterocycles. The monoisotopic (exact) mass is 471 g/mol. The topological polar surface area (TPSA) is 81.5 Å². The molecule has 3 heterocycles. The Morgan fingerprint density at radius 2 is 1.84 bits per heavy atom. The summed E-state index contributed by atoms with van der Waals surface area (Å²) in [6, 6.07) is 13.0. The van der Waals surface area contributed by atoms with E-state index < -0.39 is 0 Å². The van der Waals surface area contributed by atoms with Gasteiger partial charge in [0.2, 0.25) is 11.9 Å². The largest absolute Gasteiger partial charge is 0.486 e. The number of nitrogens with one attached hydrogen (secondary N) is 1. The lowest BCUT2D eigenvalue weighted by molar-refractivity contribution is -0.113. The zero-order valence-electron chi connectivity index (χ0n) is 17.3. The van der Waals surface area contributed by atoms with Crippen LogP contribution in [0.4, 0.5) is 11.6 Å². The van der Waals surface area contributed by atoms with Gasteiger partial charge in [-0.2, -0.15) is 0 Å². The van der Waals surface area contributed by atoms with Gasteiger partial charge in [0.1, 0.15) is 13.2 Å². The predicted molar refractivity (Wildman–Crippen MR) is 125 cm³/mol. The van der Waals surface area contributed by atoms with Crippen molar-refractivity contribution in [3.05, 3.63) is 47.5 Å². The Labute approximate surface area is 194 Å². The van der Waals surface area contributed by atoms with Crippen molar-refractivity contribution in [1.29, 1.82) is 0 Å². The SMILES string of the molecule is O=C(CSc1nnc(N2CCCC2)n1-c1ccccc1Cl)Nc1ccc2c(c1)OCCO2. The molecule has 2 aliphatic rings. The van der Waals surface area contributed by atoms with Gasteiger partial charge in [-0.1, -0.05) is 35.5 Å². The first-order valence-corrected chi connectivity index (χ1v) is 11.8. The number of nitrogens with zero attached hydrogens (tertiary/aromatic N) is 4. The van der Waals surface area contributed by atoms with Crippen LogP contribution < -0.4 is 19.7 Å². The summed E-state index contributed by atoms with van der Waals surface area (Å²) in [5.74, 6) is 2.10. The van der Waals surface area contributed by atoms with E-state index >= 15 is 0 Å². The fourth-order valence-corrected chi connectivity index (χ4v) is 4.73. The molecule has 166 valence electrons. The zero-order chi connectivity index (χ0) is 21.9. The quantitative estimate of drug-likeness (QED) is 0.543. The second kappa shape index (κ2) is 9.30. The number of hydrogen-bond donors (Lipinski definition) is 1. The van der Waals surface area contributed by atoms with Crippen molar-refractivity contribution in [2.75, 3.05) is 42.3 Å². The number of carbonyl (C=O) groups is 1. The average Bonchev–Trinajstić information content (AvgIpc) is 3.48. The summed E-state index contributed by atoms with van der Waals surface area (Å²) in [5.41, 5.74) is 1.46. The smallest absolute Gasteiger partial charge is 0.234 e. The molecule has 1 N–H and O–H groups in total. The molecule has 1 amide bonds. The lowest BCUT2D eigenvalue weighted by Crippen LogP contribution is -2.22. The van der Waals surface area contributed by atoms with Crippen molar-refractivity contribution in [3.8, 4) is 17.2 Å². The van der Waals surface area contributed by atoms with Crippen LogP contribution in [-0.2, 0) is 4.79 Å². The van der Waals surface area contributed by atoms with Crippen molar-refractivity contribution >= 4 is 40.9 Å². The summed E-state index contributed by atoms with van der Waals surface area (Å²) in [6.45, 7) is 2.88. The normalized spacial score (nSPS) is 15.1. The Balaban J connectivity index is 1.33. The van der Waals surface area contributed by atoms with Gasteiger partial charge in [-0.25, -0.2) is 0 Å². The first-order chi connectivity index (χ1) is 15.7. The molecule has 10 heteroatoms. The molecular formula is C22H22ClN5O3S.